The molecule has 0 atom stereocenters. The van der Waals surface area contributed by atoms with E-state index in [9.17, 15) is 4.79 Å². The number of rotatable bonds is 3. The van der Waals surface area contributed by atoms with E-state index in [4.69, 9.17) is 5.11 Å². The van der Waals surface area contributed by atoms with E-state index in [1.807, 2.05) is 38.1 Å². The zero-order chi connectivity index (χ0) is 12.6. The number of hydrogen-bond acceptors (Lipinski definition) is 2. The molecule has 1 aromatic carbocycles. The molecule has 2 rings (SSSR count). The summed E-state index contributed by atoms with van der Waals surface area (Å²) in [6, 6.07) is 7.48. The number of nitrogens with zero attached hydrogens (tertiary/aromatic N) is 1. The number of carbonyl (C=O) groups excluding carboxylic acids is 1. The monoisotopic (exact) mass is 231 g/mol. The lowest BCUT2D eigenvalue weighted by atomic mass is 9.98. The van der Waals surface area contributed by atoms with Gasteiger partial charge in [-0.2, -0.15) is 0 Å². The summed E-state index contributed by atoms with van der Waals surface area (Å²) in [6.07, 6.45) is 0.533. The van der Waals surface area contributed by atoms with Crippen molar-refractivity contribution in [2.75, 3.05) is 6.61 Å². The molecule has 0 saturated carbocycles. The number of carbonyl (C=O) groups is 1. The van der Waals surface area contributed by atoms with Gasteiger partial charge in [0.15, 0.2) is 0 Å². The Morgan fingerprint density at radius 3 is 2.41 bits per heavy atom. The van der Waals surface area contributed by atoms with E-state index in [0.717, 1.165) is 11.3 Å². The van der Waals surface area contributed by atoms with Crippen LogP contribution in [-0.2, 0) is 0 Å². The van der Waals surface area contributed by atoms with Gasteiger partial charge in [0.1, 0.15) is 0 Å². The Kier molecular flexibility index (Phi) is 2.79. The van der Waals surface area contributed by atoms with Crippen LogP contribution in [0.15, 0.2) is 30.8 Å². The molecule has 0 unspecified atom stereocenters. The van der Waals surface area contributed by atoms with Crippen LogP contribution in [-0.4, -0.2) is 28.1 Å². The molecule has 1 N–H and O–H groups in total. The lowest BCUT2D eigenvalue weighted by Crippen LogP contribution is -2.43. The van der Waals surface area contributed by atoms with Gasteiger partial charge < -0.3 is 10.0 Å². The van der Waals surface area contributed by atoms with Crippen molar-refractivity contribution in [2.24, 2.45) is 0 Å². The van der Waals surface area contributed by atoms with Crippen molar-refractivity contribution in [1.29, 1.82) is 0 Å². The summed E-state index contributed by atoms with van der Waals surface area (Å²) in [5.41, 5.74) is 1.90. The number of hydrogen-bond donors (Lipinski definition) is 1. The van der Waals surface area contributed by atoms with Crippen LogP contribution < -0.4 is 0 Å². The van der Waals surface area contributed by atoms with E-state index >= 15 is 0 Å². The van der Waals surface area contributed by atoms with Crippen molar-refractivity contribution in [1.82, 2.24) is 4.90 Å². The normalized spacial score (nSPS) is 15.4. The molecule has 17 heavy (non-hydrogen) atoms. The first-order valence-corrected chi connectivity index (χ1v) is 5.73. The maximum atomic E-state index is 12.3. The van der Waals surface area contributed by atoms with Gasteiger partial charge in [-0.05, 0) is 26.3 Å². The van der Waals surface area contributed by atoms with Crippen molar-refractivity contribution in [3.8, 4) is 0 Å². The van der Waals surface area contributed by atoms with Gasteiger partial charge in [0.05, 0.1) is 0 Å². The molecule has 3 nitrogen and oxygen atoms in total. The average molecular weight is 231 g/mol. The topological polar surface area (TPSA) is 40.5 Å². The zero-order valence-electron chi connectivity index (χ0n) is 10.2. The molecule has 3 heteroatoms. The highest BCUT2D eigenvalue weighted by atomic mass is 16.3. The first-order valence-electron chi connectivity index (χ1n) is 5.73. The fourth-order valence-electron chi connectivity index (χ4n) is 2.31. The molecular formula is C14H17NO2. The van der Waals surface area contributed by atoms with Gasteiger partial charge in [0.2, 0.25) is 0 Å². The van der Waals surface area contributed by atoms with Gasteiger partial charge in [0.25, 0.3) is 5.91 Å². The molecular weight excluding hydrogens is 214 g/mol. The predicted octanol–water partition coefficient (Wildman–Crippen LogP) is 2.27. The van der Waals surface area contributed by atoms with Crippen molar-refractivity contribution in [3.05, 3.63) is 42.0 Å². The van der Waals surface area contributed by atoms with Gasteiger partial charge in [0, 0.05) is 29.0 Å². The van der Waals surface area contributed by atoms with Gasteiger partial charge in [-0.3, -0.25) is 4.79 Å². The molecule has 1 aromatic rings. The largest absolute Gasteiger partial charge is 0.396 e. The first-order chi connectivity index (χ1) is 7.99. The number of fused-ring (bicyclic) bond motifs is 1. The Labute approximate surface area is 101 Å². The first kappa shape index (κ1) is 11.9. The summed E-state index contributed by atoms with van der Waals surface area (Å²) in [7, 11) is 0. The summed E-state index contributed by atoms with van der Waals surface area (Å²) < 4.78 is 0. The number of aliphatic hydroxyl groups excluding tert-OH is 1. The Bertz CT molecular complexity index is 442. The molecule has 0 fully saturated rings. The Morgan fingerprint density at radius 1 is 1.29 bits per heavy atom. The molecule has 1 amide bonds. The van der Waals surface area contributed by atoms with Crippen molar-refractivity contribution in [2.45, 2.75) is 25.8 Å². The van der Waals surface area contributed by atoms with Crippen LogP contribution in [0.5, 0.6) is 0 Å². The number of amides is 1. The third-order valence-electron chi connectivity index (χ3n) is 3.27. The molecule has 0 aromatic heterocycles. The van der Waals surface area contributed by atoms with Crippen LogP contribution in [0.1, 0.15) is 36.2 Å². The Balaban J connectivity index is 2.43. The highest BCUT2D eigenvalue weighted by molar-refractivity contribution is 6.09. The second-order valence-corrected chi connectivity index (χ2v) is 4.92. The van der Waals surface area contributed by atoms with Gasteiger partial charge in [-0.1, -0.05) is 24.8 Å². The summed E-state index contributed by atoms with van der Waals surface area (Å²) in [4.78, 5) is 14.0. The fourth-order valence-corrected chi connectivity index (χ4v) is 2.31. The summed E-state index contributed by atoms with van der Waals surface area (Å²) in [6.45, 7) is 7.94. The lowest BCUT2D eigenvalue weighted by molar-refractivity contribution is 0.0688. The highest BCUT2D eigenvalue weighted by Gasteiger charge is 2.39. The van der Waals surface area contributed by atoms with Crippen LogP contribution in [0, 0.1) is 0 Å². The van der Waals surface area contributed by atoms with Crippen LogP contribution in [0.2, 0.25) is 0 Å². The number of aliphatic hydroxyl groups is 1. The second-order valence-electron chi connectivity index (χ2n) is 4.92. The standard InChI is InChI=1S/C14H17NO2/c1-10-11-6-4-5-7-12(11)13(17)15(10)14(2,3)8-9-16/h4-7,16H,1,8-9H2,2-3H3. The molecule has 1 aliphatic rings. The van der Waals surface area contributed by atoms with Crippen LogP contribution in [0.3, 0.4) is 0 Å². The maximum Gasteiger partial charge on any atom is 0.259 e. The summed E-state index contributed by atoms with van der Waals surface area (Å²) in [5, 5.41) is 9.08. The van der Waals surface area contributed by atoms with Crippen molar-refractivity contribution < 1.29 is 9.90 Å². The van der Waals surface area contributed by atoms with Crippen LogP contribution in [0.4, 0.5) is 0 Å². The minimum Gasteiger partial charge on any atom is -0.396 e. The number of benzene rings is 1. The molecule has 1 heterocycles. The minimum atomic E-state index is -0.415. The second kappa shape index (κ2) is 4.00. The van der Waals surface area contributed by atoms with E-state index in [0.29, 0.717) is 12.0 Å². The third-order valence-corrected chi connectivity index (χ3v) is 3.27. The Morgan fingerprint density at radius 2 is 1.88 bits per heavy atom. The zero-order valence-corrected chi connectivity index (χ0v) is 10.2. The summed E-state index contributed by atoms with van der Waals surface area (Å²) in [5.74, 6) is -0.0240. The molecule has 0 aliphatic carbocycles. The lowest BCUT2D eigenvalue weighted by Gasteiger charge is -2.35. The van der Waals surface area contributed by atoms with E-state index in [1.165, 1.54) is 0 Å². The van der Waals surface area contributed by atoms with Gasteiger partial charge >= 0.3 is 0 Å². The van der Waals surface area contributed by atoms with Gasteiger partial charge in [-0.15, -0.1) is 0 Å². The van der Waals surface area contributed by atoms with E-state index in [-0.39, 0.29) is 12.5 Å². The predicted molar refractivity (Wildman–Crippen MR) is 67.4 cm³/mol. The molecule has 0 spiro atoms. The average Bonchev–Trinajstić information content (AvgIpc) is 2.53. The molecule has 0 radical (unpaired) electrons. The Hall–Kier alpha value is -1.61. The third kappa shape index (κ3) is 1.76. The minimum absolute atomic E-state index is 0.0240. The van der Waals surface area contributed by atoms with Crippen molar-refractivity contribution in [3.63, 3.8) is 0 Å². The van der Waals surface area contributed by atoms with Crippen molar-refractivity contribution >= 4 is 11.6 Å². The maximum absolute atomic E-state index is 12.3. The quantitative estimate of drug-likeness (QED) is 0.867. The fraction of sp³-hybridized carbons (Fsp3) is 0.357. The molecule has 1 aliphatic heterocycles. The van der Waals surface area contributed by atoms with E-state index < -0.39 is 5.54 Å². The van der Waals surface area contributed by atoms with Gasteiger partial charge in [-0.25, -0.2) is 0 Å². The van der Waals surface area contributed by atoms with E-state index in [2.05, 4.69) is 6.58 Å². The van der Waals surface area contributed by atoms with E-state index in [1.54, 1.807) is 4.90 Å². The summed E-state index contributed by atoms with van der Waals surface area (Å²) >= 11 is 0. The van der Waals surface area contributed by atoms with Crippen LogP contribution >= 0.6 is 0 Å². The van der Waals surface area contributed by atoms with Crippen LogP contribution in [0.25, 0.3) is 5.70 Å². The SMILES string of the molecule is C=C1c2ccccc2C(=O)N1C(C)(C)CCO. The highest BCUT2D eigenvalue weighted by Crippen LogP contribution is 2.37. The smallest absolute Gasteiger partial charge is 0.259 e. The molecule has 0 saturated heterocycles. The molecule has 0 bridgehead atoms. The molecule has 90 valence electrons.